The summed E-state index contributed by atoms with van der Waals surface area (Å²) in [6.45, 7) is 5.22. The fraction of sp³-hybridized carbons (Fsp3) is 0.625. The van der Waals surface area contributed by atoms with Gasteiger partial charge < -0.3 is 15.2 Å². The second-order valence-electron chi connectivity index (χ2n) is 6.05. The number of hydrogen-bond donors (Lipinski definition) is 2. The first kappa shape index (κ1) is 21.4. The SMILES string of the molecule is CCC(=O)OCC(=O)N(CCOC)c1c(N)n(CC(C)C)c(=O)[nH]c1=O. The zero-order valence-electron chi connectivity index (χ0n) is 15.5. The molecular weight excluding hydrogens is 344 g/mol. The third kappa shape index (κ3) is 5.45. The van der Waals surface area contributed by atoms with Gasteiger partial charge in [0, 0.05) is 26.6 Å². The molecule has 1 heterocycles. The average molecular weight is 370 g/mol. The lowest BCUT2D eigenvalue weighted by atomic mass is 10.2. The molecule has 0 bridgehead atoms. The van der Waals surface area contributed by atoms with Gasteiger partial charge in [-0.3, -0.25) is 28.8 Å². The molecule has 146 valence electrons. The minimum absolute atomic E-state index is 0.00612. The van der Waals surface area contributed by atoms with Crippen LogP contribution in [0.5, 0.6) is 0 Å². The van der Waals surface area contributed by atoms with Crippen LogP contribution in [0.3, 0.4) is 0 Å². The van der Waals surface area contributed by atoms with Crippen molar-refractivity contribution < 1.29 is 19.1 Å². The summed E-state index contributed by atoms with van der Waals surface area (Å²) in [4.78, 5) is 51.4. The van der Waals surface area contributed by atoms with E-state index < -0.39 is 29.7 Å². The van der Waals surface area contributed by atoms with Crippen LogP contribution in [0.25, 0.3) is 0 Å². The van der Waals surface area contributed by atoms with E-state index in [2.05, 4.69) is 4.98 Å². The van der Waals surface area contributed by atoms with Gasteiger partial charge in [0.25, 0.3) is 11.5 Å². The van der Waals surface area contributed by atoms with E-state index in [0.29, 0.717) is 0 Å². The number of nitrogens with zero attached hydrogens (tertiary/aromatic N) is 2. The first-order valence-electron chi connectivity index (χ1n) is 8.30. The van der Waals surface area contributed by atoms with Gasteiger partial charge in [0.05, 0.1) is 6.61 Å². The van der Waals surface area contributed by atoms with Crippen molar-refractivity contribution in [2.75, 3.05) is 37.5 Å². The zero-order valence-corrected chi connectivity index (χ0v) is 15.5. The van der Waals surface area contributed by atoms with Crippen molar-refractivity contribution in [1.29, 1.82) is 0 Å². The van der Waals surface area contributed by atoms with Crippen LogP contribution in [-0.2, 0) is 25.6 Å². The number of H-pyrrole nitrogens is 1. The summed E-state index contributed by atoms with van der Waals surface area (Å²) in [7, 11) is 1.44. The summed E-state index contributed by atoms with van der Waals surface area (Å²) in [5, 5.41) is 0. The predicted molar refractivity (Wildman–Crippen MR) is 96.1 cm³/mol. The van der Waals surface area contributed by atoms with Crippen LogP contribution >= 0.6 is 0 Å². The number of hydrogen-bond acceptors (Lipinski definition) is 7. The number of rotatable bonds is 9. The van der Waals surface area contributed by atoms with Crippen LogP contribution in [0.4, 0.5) is 11.5 Å². The molecule has 0 spiro atoms. The van der Waals surface area contributed by atoms with E-state index in [1.54, 1.807) is 6.92 Å². The van der Waals surface area contributed by atoms with Crippen LogP contribution in [0, 0.1) is 5.92 Å². The number of aromatic amines is 1. The fourth-order valence-corrected chi connectivity index (χ4v) is 2.25. The van der Waals surface area contributed by atoms with Crippen LogP contribution in [0.2, 0.25) is 0 Å². The average Bonchev–Trinajstić information content (AvgIpc) is 2.58. The standard InChI is InChI=1S/C16H26N4O6/c1-5-12(22)26-9-11(21)19(6-7-25-4)13-14(17)20(8-10(2)3)16(24)18-15(13)23/h10H,5-9,17H2,1-4H3,(H,18,23,24). The Labute approximate surface area is 150 Å². The van der Waals surface area contributed by atoms with Crippen molar-refractivity contribution in [2.45, 2.75) is 33.7 Å². The highest BCUT2D eigenvalue weighted by atomic mass is 16.5. The van der Waals surface area contributed by atoms with Gasteiger partial charge in [0.15, 0.2) is 12.3 Å². The van der Waals surface area contributed by atoms with E-state index in [4.69, 9.17) is 15.2 Å². The second-order valence-corrected chi connectivity index (χ2v) is 6.05. The number of methoxy groups -OCH3 is 1. The topological polar surface area (TPSA) is 137 Å². The molecule has 1 rings (SSSR count). The van der Waals surface area contributed by atoms with Crippen molar-refractivity contribution in [3.8, 4) is 0 Å². The largest absolute Gasteiger partial charge is 0.456 e. The maximum atomic E-state index is 12.5. The van der Waals surface area contributed by atoms with E-state index >= 15 is 0 Å². The number of ether oxygens (including phenoxy) is 2. The smallest absolute Gasteiger partial charge is 0.330 e. The molecule has 0 saturated carbocycles. The van der Waals surface area contributed by atoms with Crippen molar-refractivity contribution in [1.82, 2.24) is 9.55 Å². The highest BCUT2D eigenvalue weighted by molar-refractivity contribution is 5.97. The van der Waals surface area contributed by atoms with Crippen LogP contribution in [0.15, 0.2) is 9.59 Å². The molecular formula is C16H26N4O6. The number of nitrogens with two attached hydrogens (primary N) is 1. The molecule has 0 aliphatic heterocycles. The molecule has 0 saturated heterocycles. The van der Waals surface area contributed by atoms with Gasteiger partial charge in [-0.1, -0.05) is 20.8 Å². The van der Waals surface area contributed by atoms with Crippen LogP contribution in [0.1, 0.15) is 27.2 Å². The van der Waals surface area contributed by atoms with E-state index in [1.165, 1.54) is 11.7 Å². The minimum atomic E-state index is -0.793. The summed E-state index contributed by atoms with van der Waals surface area (Å²) in [5.41, 5.74) is 4.42. The van der Waals surface area contributed by atoms with Gasteiger partial charge in [-0.2, -0.15) is 0 Å². The summed E-state index contributed by atoms with van der Waals surface area (Å²) in [5.74, 6) is -1.23. The number of anilines is 2. The molecule has 26 heavy (non-hydrogen) atoms. The van der Waals surface area contributed by atoms with Crippen molar-refractivity contribution in [3.63, 3.8) is 0 Å². The number of aromatic nitrogens is 2. The van der Waals surface area contributed by atoms with Gasteiger partial charge in [-0.05, 0) is 5.92 Å². The Hall–Kier alpha value is -2.62. The number of carbonyl (C=O) groups is 2. The summed E-state index contributed by atoms with van der Waals surface area (Å²) in [6.07, 6.45) is 0.118. The number of nitrogens with one attached hydrogen (secondary N) is 1. The molecule has 10 heteroatoms. The van der Waals surface area contributed by atoms with Crippen molar-refractivity contribution >= 4 is 23.4 Å². The lowest BCUT2D eigenvalue weighted by Gasteiger charge is -2.24. The molecule has 3 N–H and O–H groups in total. The Morgan fingerprint density at radius 2 is 1.96 bits per heavy atom. The summed E-state index contributed by atoms with van der Waals surface area (Å²) >= 11 is 0. The number of esters is 1. The van der Waals surface area contributed by atoms with Crippen LogP contribution < -0.4 is 21.9 Å². The third-order valence-electron chi connectivity index (χ3n) is 3.50. The maximum Gasteiger partial charge on any atom is 0.330 e. The molecule has 10 nitrogen and oxygen atoms in total. The number of amides is 1. The molecule has 1 aromatic heterocycles. The predicted octanol–water partition coefficient (Wildman–Crippen LogP) is -0.293. The molecule has 0 fully saturated rings. The quantitative estimate of drug-likeness (QED) is 0.570. The summed E-state index contributed by atoms with van der Waals surface area (Å²) < 4.78 is 11.0. The van der Waals surface area contributed by atoms with Crippen molar-refractivity contribution in [2.24, 2.45) is 5.92 Å². The van der Waals surface area contributed by atoms with E-state index in [-0.39, 0.29) is 43.5 Å². The first-order valence-corrected chi connectivity index (χ1v) is 8.30. The van der Waals surface area contributed by atoms with E-state index in [1.807, 2.05) is 13.8 Å². The molecule has 0 radical (unpaired) electrons. The van der Waals surface area contributed by atoms with E-state index in [9.17, 15) is 19.2 Å². The molecule has 0 unspecified atom stereocenters. The Morgan fingerprint density at radius 3 is 2.50 bits per heavy atom. The zero-order chi connectivity index (χ0) is 19.9. The monoisotopic (exact) mass is 370 g/mol. The Kier molecular flexibility index (Phi) is 8.04. The van der Waals surface area contributed by atoms with Gasteiger partial charge in [0.2, 0.25) is 0 Å². The highest BCUT2D eigenvalue weighted by Gasteiger charge is 2.25. The number of carbonyl (C=O) groups excluding carboxylic acids is 2. The lowest BCUT2D eigenvalue weighted by Crippen LogP contribution is -2.44. The number of nitrogen functional groups attached to an aromatic ring is 1. The van der Waals surface area contributed by atoms with Gasteiger partial charge >= 0.3 is 11.7 Å². The Morgan fingerprint density at radius 1 is 1.31 bits per heavy atom. The van der Waals surface area contributed by atoms with Crippen molar-refractivity contribution in [3.05, 3.63) is 20.8 Å². The first-order chi connectivity index (χ1) is 12.2. The van der Waals surface area contributed by atoms with Gasteiger partial charge in [-0.25, -0.2) is 4.79 Å². The summed E-state index contributed by atoms with van der Waals surface area (Å²) in [6, 6.07) is 0. The van der Waals surface area contributed by atoms with Crippen LogP contribution in [-0.4, -0.2) is 48.3 Å². The molecule has 0 aliphatic carbocycles. The second kappa shape index (κ2) is 9.76. The third-order valence-corrected chi connectivity index (χ3v) is 3.50. The molecule has 0 aromatic carbocycles. The molecule has 1 aromatic rings. The highest BCUT2D eigenvalue weighted by Crippen LogP contribution is 2.18. The molecule has 0 atom stereocenters. The minimum Gasteiger partial charge on any atom is -0.456 e. The Bertz CT molecular complexity index is 752. The van der Waals surface area contributed by atoms with E-state index in [0.717, 1.165) is 4.90 Å². The Balaban J connectivity index is 3.32. The molecule has 1 amide bonds. The lowest BCUT2D eigenvalue weighted by molar-refractivity contribution is -0.147. The maximum absolute atomic E-state index is 12.5. The van der Waals surface area contributed by atoms with Gasteiger partial charge in [-0.15, -0.1) is 0 Å². The normalized spacial score (nSPS) is 10.8. The van der Waals surface area contributed by atoms with Gasteiger partial charge in [0.1, 0.15) is 5.82 Å². The molecule has 0 aliphatic rings. The fourth-order valence-electron chi connectivity index (χ4n) is 2.25.